The van der Waals surface area contributed by atoms with Crippen LogP contribution in [0.15, 0.2) is 0 Å². The second-order valence-corrected chi connectivity index (χ2v) is 10.7. The lowest BCUT2D eigenvalue weighted by molar-refractivity contribution is -0.241. The Morgan fingerprint density at radius 1 is 1.12 bits per heavy atom. The summed E-state index contributed by atoms with van der Waals surface area (Å²) in [6, 6.07) is 0. The lowest BCUT2D eigenvalue weighted by atomic mass is 9.70. The fourth-order valence-corrected chi connectivity index (χ4v) is 7.46. The van der Waals surface area contributed by atoms with Gasteiger partial charge in [-0.3, -0.25) is 4.79 Å². The minimum Gasteiger partial charge on any atom is -0.299 e. The molecule has 0 radical (unpaired) electrons. The van der Waals surface area contributed by atoms with Crippen molar-refractivity contribution in [2.75, 3.05) is 5.75 Å². The molecule has 2 rings (SSSR count). The zero-order valence-corrected chi connectivity index (χ0v) is 14.8. The van der Waals surface area contributed by atoms with Gasteiger partial charge in [0.25, 0.3) is 10.0 Å². The van der Waals surface area contributed by atoms with E-state index in [9.17, 15) is 43.6 Å². The van der Waals surface area contributed by atoms with Crippen molar-refractivity contribution in [1.82, 2.24) is 4.13 Å². The van der Waals surface area contributed by atoms with E-state index in [4.69, 9.17) is 0 Å². The summed E-state index contributed by atoms with van der Waals surface area (Å²) in [4.78, 5) is 12.2. The first-order valence-corrected chi connectivity index (χ1v) is 10.3. The average Bonchev–Trinajstić information content (AvgIpc) is 2.69. The standard InChI is InChI=1S/C12H16F5NO5S2/c1-9(2)7-3-4-10(9,8(19)5-7)6-24(20,21)18-25(22,23)12(16,17)11(13,14)15/h7,18H,3-6H2,1-2H3. The van der Waals surface area contributed by atoms with Crippen molar-refractivity contribution in [3.8, 4) is 0 Å². The molecule has 1 N–H and O–H groups in total. The molecule has 25 heavy (non-hydrogen) atoms. The third-order valence-electron chi connectivity index (χ3n) is 5.48. The highest BCUT2D eigenvalue weighted by molar-refractivity contribution is 8.05. The van der Waals surface area contributed by atoms with Crippen molar-refractivity contribution in [1.29, 1.82) is 0 Å². The minimum absolute atomic E-state index is 0.0635. The molecule has 0 aromatic carbocycles. The van der Waals surface area contributed by atoms with Crippen LogP contribution in [0.3, 0.4) is 0 Å². The third-order valence-corrected chi connectivity index (χ3v) is 9.15. The molecular formula is C12H16F5NO5S2. The number of rotatable bonds is 5. The van der Waals surface area contributed by atoms with Gasteiger partial charge in [-0.2, -0.15) is 22.0 Å². The van der Waals surface area contributed by atoms with Gasteiger partial charge in [0, 0.05) is 11.8 Å². The quantitative estimate of drug-likeness (QED) is 0.693. The number of ketones is 1. The van der Waals surface area contributed by atoms with E-state index in [1.54, 1.807) is 13.8 Å². The van der Waals surface area contributed by atoms with Crippen LogP contribution in [-0.4, -0.2) is 39.8 Å². The maximum absolute atomic E-state index is 13.1. The first-order chi connectivity index (χ1) is 10.9. The summed E-state index contributed by atoms with van der Waals surface area (Å²) in [7, 11) is -11.8. The van der Waals surface area contributed by atoms with Crippen LogP contribution in [-0.2, 0) is 24.8 Å². The number of hydrogen-bond donors (Lipinski definition) is 1. The zero-order valence-electron chi connectivity index (χ0n) is 13.2. The van der Waals surface area contributed by atoms with E-state index in [0.29, 0.717) is 10.5 Å². The highest BCUT2D eigenvalue weighted by Gasteiger charge is 2.69. The minimum atomic E-state index is -6.60. The summed E-state index contributed by atoms with van der Waals surface area (Å²) in [5, 5.41) is -6.29. The smallest absolute Gasteiger partial charge is 0.299 e. The molecule has 6 nitrogen and oxygen atoms in total. The van der Waals surface area contributed by atoms with Crippen molar-refractivity contribution < 1.29 is 43.6 Å². The molecule has 2 aliphatic rings. The first kappa shape index (κ1) is 20.5. The van der Waals surface area contributed by atoms with Crippen molar-refractivity contribution in [2.24, 2.45) is 16.7 Å². The predicted octanol–water partition coefficient (Wildman–Crippen LogP) is 1.79. The van der Waals surface area contributed by atoms with Gasteiger partial charge in [0.15, 0.2) is 0 Å². The summed E-state index contributed by atoms with van der Waals surface area (Å²) >= 11 is 0. The van der Waals surface area contributed by atoms with Crippen LogP contribution in [0, 0.1) is 16.7 Å². The monoisotopic (exact) mass is 413 g/mol. The van der Waals surface area contributed by atoms with Gasteiger partial charge >= 0.3 is 11.4 Å². The number of sulfonamides is 2. The zero-order chi connectivity index (χ0) is 19.7. The summed E-state index contributed by atoms with van der Waals surface area (Å²) in [5.41, 5.74) is -2.35. The fourth-order valence-electron chi connectivity index (χ4n) is 3.83. The molecule has 0 aromatic heterocycles. The lowest BCUT2D eigenvalue weighted by Gasteiger charge is -2.36. The fraction of sp³-hybridized carbons (Fsp3) is 0.917. The van der Waals surface area contributed by atoms with E-state index < -0.39 is 53.8 Å². The van der Waals surface area contributed by atoms with Gasteiger partial charge in [-0.15, -0.1) is 4.13 Å². The number of fused-ring (bicyclic) bond motifs is 2. The SMILES string of the molecule is CC1(C)C2CCC1(CS(=O)(=O)NS(=O)(=O)C(F)(F)C(F)(F)F)C(=O)C2. The van der Waals surface area contributed by atoms with Crippen LogP contribution in [0.25, 0.3) is 0 Å². The highest BCUT2D eigenvalue weighted by Crippen LogP contribution is 2.64. The molecule has 0 aliphatic heterocycles. The molecule has 2 bridgehead atoms. The van der Waals surface area contributed by atoms with Crippen molar-refractivity contribution in [3.63, 3.8) is 0 Å². The van der Waals surface area contributed by atoms with Gasteiger partial charge in [-0.25, -0.2) is 16.8 Å². The molecule has 0 heterocycles. The molecule has 0 saturated heterocycles. The molecule has 146 valence electrons. The molecule has 0 aromatic rings. The van der Waals surface area contributed by atoms with Crippen LogP contribution >= 0.6 is 0 Å². The van der Waals surface area contributed by atoms with E-state index in [0.717, 1.165) is 0 Å². The Labute approximate surface area is 141 Å². The van der Waals surface area contributed by atoms with Gasteiger partial charge in [0.05, 0.1) is 5.75 Å². The molecule has 13 heteroatoms. The molecule has 2 saturated carbocycles. The highest BCUT2D eigenvalue weighted by atomic mass is 32.3. The molecule has 2 unspecified atom stereocenters. The summed E-state index contributed by atoms with van der Waals surface area (Å²) < 4.78 is 110. The third kappa shape index (κ3) is 2.87. The lowest BCUT2D eigenvalue weighted by Crippen LogP contribution is -2.53. The Morgan fingerprint density at radius 3 is 2.00 bits per heavy atom. The van der Waals surface area contributed by atoms with Gasteiger partial charge in [-0.05, 0) is 24.2 Å². The van der Waals surface area contributed by atoms with Gasteiger partial charge in [0.1, 0.15) is 5.78 Å². The Kier molecular flexibility index (Phi) is 4.38. The number of alkyl halides is 5. The number of carbonyl (C=O) groups excluding carboxylic acids is 1. The van der Waals surface area contributed by atoms with E-state index in [-0.39, 0.29) is 18.8 Å². The van der Waals surface area contributed by atoms with Crippen molar-refractivity contribution in [3.05, 3.63) is 0 Å². The van der Waals surface area contributed by atoms with Crippen molar-refractivity contribution in [2.45, 2.75) is 44.5 Å². The Hall–Kier alpha value is -0.820. The van der Waals surface area contributed by atoms with E-state index in [2.05, 4.69) is 0 Å². The van der Waals surface area contributed by atoms with E-state index in [1.165, 1.54) is 0 Å². The second-order valence-electron chi connectivity index (χ2n) is 7.03. The largest absolute Gasteiger partial charge is 0.471 e. The van der Waals surface area contributed by atoms with E-state index in [1.807, 2.05) is 0 Å². The Bertz CT molecular complexity index is 802. The second kappa shape index (κ2) is 5.35. The Morgan fingerprint density at radius 2 is 1.64 bits per heavy atom. The normalized spacial score (nSPS) is 30.0. The molecule has 0 amide bonds. The van der Waals surface area contributed by atoms with Gasteiger partial charge < -0.3 is 0 Å². The van der Waals surface area contributed by atoms with E-state index >= 15 is 0 Å². The maximum atomic E-state index is 13.1. The average molecular weight is 413 g/mol. The molecule has 0 spiro atoms. The van der Waals surface area contributed by atoms with Crippen LogP contribution < -0.4 is 4.13 Å². The van der Waals surface area contributed by atoms with Crippen LogP contribution in [0.1, 0.15) is 33.1 Å². The maximum Gasteiger partial charge on any atom is 0.471 e. The topological polar surface area (TPSA) is 97.4 Å². The predicted molar refractivity (Wildman–Crippen MR) is 75.4 cm³/mol. The number of nitrogens with one attached hydrogen (secondary N) is 1. The van der Waals surface area contributed by atoms with Crippen LogP contribution in [0.5, 0.6) is 0 Å². The van der Waals surface area contributed by atoms with Gasteiger partial charge in [0.2, 0.25) is 10.0 Å². The molecule has 2 aliphatic carbocycles. The van der Waals surface area contributed by atoms with Crippen LogP contribution in [0.4, 0.5) is 22.0 Å². The Balaban J connectivity index is 2.34. The molecule has 2 fully saturated rings. The number of hydrogen-bond acceptors (Lipinski definition) is 5. The van der Waals surface area contributed by atoms with Crippen LogP contribution in [0.2, 0.25) is 0 Å². The molecule has 2 atom stereocenters. The summed E-state index contributed by atoms with van der Waals surface area (Å²) in [6.45, 7) is 3.20. The summed E-state index contributed by atoms with van der Waals surface area (Å²) in [5.74, 6) is -1.77. The van der Waals surface area contributed by atoms with Gasteiger partial charge in [-0.1, -0.05) is 13.8 Å². The first-order valence-electron chi connectivity index (χ1n) is 7.13. The number of carbonyl (C=O) groups is 1. The number of halogens is 5. The number of Topliss-reactive ketones (excluding diaryl/α,β-unsaturated/α-hetero) is 1. The summed E-state index contributed by atoms with van der Waals surface area (Å²) in [6.07, 6.45) is -5.85. The molecular weight excluding hydrogens is 397 g/mol. The van der Waals surface area contributed by atoms with Crippen molar-refractivity contribution >= 4 is 25.8 Å².